The predicted molar refractivity (Wildman–Crippen MR) is 113 cm³/mol. The van der Waals surface area contributed by atoms with Crippen LogP contribution in [-0.2, 0) is 0 Å². The summed E-state index contributed by atoms with van der Waals surface area (Å²) in [5, 5.41) is 10.3. The molecule has 0 saturated carbocycles. The molecule has 5 nitrogen and oxygen atoms in total. The highest BCUT2D eigenvalue weighted by molar-refractivity contribution is 5.82. The highest BCUT2D eigenvalue weighted by Gasteiger charge is 1.97. The molecule has 0 aromatic carbocycles. The molecule has 0 aliphatic rings. The van der Waals surface area contributed by atoms with Gasteiger partial charge in [0.05, 0.1) is 13.1 Å². The maximum absolute atomic E-state index is 4.58. The van der Waals surface area contributed by atoms with Crippen LogP contribution in [0.4, 0.5) is 0 Å². The van der Waals surface area contributed by atoms with Crippen molar-refractivity contribution in [1.82, 2.24) is 16.0 Å². The van der Waals surface area contributed by atoms with Gasteiger partial charge in [0, 0.05) is 50.7 Å². The molecule has 0 radical (unpaired) electrons. The molecule has 3 N–H and O–H groups in total. The first kappa shape index (κ1) is 24.2. The molecular formula is C20H43N5. The molecule has 0 aromatic rings. The van der Waals surface area contributed by atoms with E-state index in [0.717, 1.165) is 65.2 Å². The van der Waals surface area contributed by atoms with Crippen molar-refractivity contribution in [3.63, 3.8) is 0 Å². The fourth-order valence-corrected chi connectivity index (χ4v) is 2.69. The van der Waals surface area contributed by atoms with E-state index in [1.165, 1.54) is 11.4 Å². The molecule has 0 atom stereocenters. The van der Waals surface area contributed by atoms with E-state index in [1.807, 2.05) is 0 Å². The second-order valence-electron chi connectivity index (χ2n) is 7.68. The Morgan fingerprint density at radius 3 is 1.24 bits per heavy atom. The van der Waals surface area contributed by atoms with Gasteiger partial charge in [-0.1, -0.05) is 27.7 Å². The Labute approximate surface area is 156 Å². The Kier molecular flexibility index (Phi) is 16.2. The van der Waals surface area contributed by atoms with Gasteiger partial charge < -0.3 is 16.0 Å². The van der Waals surface area contributed by atoms with Crippen LogP contribution in [0.5, 0.6) is 0 Å². The minimum Gasteiger partial charge on any atom is -0.314 e. The summed E-state index contributed by atoms with van der Waals surface area (Å²) in [4.78, 5) is 9.16. The van der Waals surface area contributed by atoms with Crippen LogP contribution in [0, 0.1) is 11.8 Å². The number of nitrogens with one attached hydrogen (secondary N) is 3. The van der Waals surface area contributed by atoms with Gasteiger partial charge in [-0.2, -0.15) is 0 Å². The normalized spacial score (nSPS) is 13.3. The summed E-state index contributed by atoms with van der Waals surface area (Å²) in [6.45, 7) is 20.9. The van der Waals surface area contributed by atoms with Crippen LogP contribution in [0.15, 0.2) is 9.98 Å². The van der Waals surface area contributed by atoms with Crippen molar-refractivity contribution in [1.29, 1.82) is 0 Å². The minimum absolute atomic E-state index is 0.699. The van der Waals surface area contributed by atoms with Crippen LogP contribution in [0.1, 0.15) is 54.4 Å². The zero-order chi connectivity index (χ0) is 18.9. The molecule has 0 unspecified atom stereocenters. The molecule has 0 bridgehead atoms. The van der Waals surface area contributed by atoms with Gasteiger partial charge in [-0.3, -0.25) is 9.98 Å². The lowest BCUT2D eigenvalue weighted by atomic mass is 10.1. The number of nitrogens with zero attached hydrogens (tertiary/aromatic N) is 2. The van der Waals surface area contributed by atoms with Gasteiger partial charge >= 0.3 is 0 Å². The van der Waals surface area contributed by atoms with Gasteiger partial charge in [0.25, 0.3) is 0 Å². The summed E-state index contributed by atoms with van der Waals surface area (Å²) in [6.07, 6.45) is 2.22. The fraction of sp³-hybridized carbons (Fsp3) is 0.900. The fourth-order valence-electron chi connectivity index (χ4n) is 2.69. The zero-order valence-corrected chi connectivity index (χ0v) is 17.6. The Hall–Kier alpha value is -0.780. The van der Waals surface area contributed by atoms with Crippen LogP contribution >= 0.6 is 0 Å². The largest absolute Gasteiger partial charge is 0.314 e. The predicted octanol–water partition coefficient (Wildman–Crippen LogP) is 2.77. The van der Waals surface area contributed by atoms with E-state index in [2.05, 4.69) is 67.5 Å². The minimum atomic E-state index is 0.699. The van der Waals surface area contributed by atoms with Gasteiger partial charge in [-0.15, -0.1) is 0 Å². The average molecular weight is 354 g/mol. The summed E-state index contributed by atoms with van der Waals surface area (Å²) < 4.78 is 0. The molecule has 25 heavy (non-hydrogen) atoms. The van der Waals surface area contributed by atoms with E-state index in [1.54, 1.807) is 0 Å². The average Bonchev–Trinajstić information content (AvgIpc) is 2.50. The Bertz CT molecular complexity index is 327. The van der Waals surface area contributed by atoms with Crippen LogP contribution in [0.3, 0.4) is 0 Å². The third-order valence-electron chi connectivity index (χ3n) is 3.71. The summed E-state index contributed by atoms with van der Waals surface area (Å²) in [6, 6.07) is 0. The van der Waals surface area contributed by atoms with E-state index in [9.17, 15) is 0 Å². The molecule has 5 heteroatoms. The first-order chi connectivity index (χ1) is 11.9. The Morgan fingerprint density at radius 1 is 0.600 bits per heavy atom. The van der Waals surface area contributed by atoms with E-state index in [-0.39, 0.29) is 0 Å². The maximum Gasteiger partial charge on any atom is 0.0513 e. The second-order valence-corrected chi connectivity index (χ2v) is 7.68. The number of aliphatic imine (C=N–C) groups is 2. The van der Waals surface area contributed by atoms with Gasteiger partial charge in [0.15, 0.2) is 0 Å². The summed E-state index contributed by atoms with van der Waals surface area (Å²) >= 11 is 0. The monoisotopic (exact) mass is 353 g/mol. The molecular weight excluding hydrogens is 310 g/mol. The molecule has 0 heterocycles. The van der Waals surface area contributed by atoms with Crippen molar-refractivity contribution in [3.8, 4) is 0 Å². The van der Waals surface area contributed by atoms with Gasteiger partial charge in [-0.05, 0) is 38.5 Å². The van der Waals surface area contributed by atoms with E-state index in [0.29, 0.717) is 11.8 Å². The first-order valence-electron chi connectivity index (χ1n) is 10.0. The topological polar surface area (TPSA) is 60.8 Å². The molecule has 0 spiro atoms. The van der Waals surface area contributed by atoms with Crippen molar-refractivity contribution in [2.45, 2.75) is 54.4 Å². The van der Waals surface area contributed by atoms with Gasteiger partial charge in [0.1, 0.15) is 0 Å². The highest BCUT2D eigenvalue weighted by Crippen LogP contribution is 2.01. The number of hydrogen-bond donors (Lipinski definition) is 3. The Balaban J connectivity index is 3.32. The van der Waals surface area contributed by atoms with E-state index >= 15 is 0 Å². The molecule has 0 saturated heterocycles. The molecule has 148 valence electrons. The molecule has 0 rings (SSSR count). The van der Waals surface area contributed by atoms with Crippen molar-refractivity contribution in [3.05, 3.63) is 0 Å². The van der Waals surface area contributed by atoms with Crippen LogP contribution < -0.4 is 16.0 Å². The number of hydrogen-bond acceptors (Lipinski definition) is 5. The number of rotatable bonds is 16. The van der Waals surface area contributed by atoms with Gasteiger partial charge in [0.2, 0.25) is 0 Å². The van der Waals surface area contributed by atoms with Crippen LogP contribution in [0.25, 0.3) is 0 Å². The lowest BCUT2D eigenvalue weighted by Gasteiger charge is -2.08. The molecule has 0 aliphatic heterocycles. The van der Waals surface area contributed by atoms with E-state index < -0.39 is 0 Å². The SMILES string of the molecule is CC(CC(C)C)=NCCNCCNCCNCCN=C(C)CC(C)C. The van der Waals surface area contributed by atoms with Crippen LogP contribution in [0.2, 0.25) is 0 Å². The zero-order valence-electron chi connectivity index (χ0n) is 17.6. The van der Waals surface area contributed by atoms with Crippen molar-refractivity contribution >= 4 is 11.4 Å². The lowest BCUT2D eigenvalue weighted by Crippen LogP contribution is -2.34. The molecule has 0 fully saturated rings. The molecule has 0 aliphatic carbocycles. The van der Waals surface area contributed by atoms with Crippen molar-refractivity contribution < 1.29 is 0 Å². The Morgan fingerprint density at radius 2 is 0.920 bits per heavy atom. The van der Waals surface area contributed by atoms with Crippen molar-refractivity contribution in [2.24, 2.45) is 21.8 Å². The quantitative estimate of drug-likeness (QED) is 0.295. The standard InChI is InChI=1S/C20H43N5/c1-17(2)15-19(5)24-13-11-22-9-7-21-8-10-23-12-14-25-20(6)16-18(3)4/h17-18,21-23H,7-16H2,1-6H3. The summed E-state index contributed by atoms with van der Waals surface area (Å²) in [7, 11) is 0. The molecule has 0 aromatic heterocycles. The lowest BCUT2D eigenvalue weighted by molar-refractivity contribution is 0.585. The summed E-state index contributed by atoms with van der Waals surface area (Å²) in [5.41, 5.74) is 2.54. The van der Waals surface area contributed by atoms with E-state index in [4.69, 9.17) is 0 Å². The highest BCUT2D eigenvalue weighted by atomic mass is 15.0. The summed E-state index contributed by atoms with van der Waals surface area (Å²) in [5.74, 6) is 1.40. The van der Waals surface area contributed by atoms with Crippen LogP contribution in [-0.4, -0.2) is 63.8 Å². The maximum atomic E-state index is 4.58. The third-order valence-corrected chi connectivity index (χ3v) is 3.71. The third kappa shape index (κ3) is 19.4. The second kappa shape index (κ2) is 16.7. The first-order valence-corrected chi connectivity index (χ1v) is 10.0. The van der Waals surface area contributed by atoms with Gasteiger partial charge in [-0.25, -0.2) is 0 Å². The smallest absolute Gasteiger partial charge is 0.0513 e. The molecule has 0 amide bonds. The van der Waals surface area contributed by atoms with Crippen molar-refractivity contribution in [2.75, 3.05) is 52.4 Å².